The fourth-order valence-corrected chi connectivity index (χ4v) is 2.53. The molecule has 2 aliphatic heterocycles. The molecule has 2 saturated heterocycles. The third kappa shape index (κ3) is 2.29. The van der Waals surface area contributed by atoms with Crippen LogP contribution in [0.5, 0.6) is 0 Å². The first-order valence-electron chi connectivity index (χ1n) is 5.64. The van der Waals surface area contributed by atoms with Gasteiger partial charge in [-0.1, -0.05) is 6.58 Å². The summed E-state index contributed by atoms with van der Waals surface area (Å²) in [7, 11) is 0. The van der Waals surface area contributed by atoms with Crippen LogP contribution in [0.15, 0.2) is 12.7 Å². The Morgan fingerprint density at radius 2 is 2.07 bits per heavy atom. The molecule has 0 bridgehead atoms. The van der Waals surface area contributed by atoms with Crippen LogP contribution in [0.4, 0.5) is 0 Å². The van der Waals surface area contributed by atoms with Crippen molar-refractivity contribution in [2.24, 2.45) is 5.92 Å². The molecule has 1 spiro atoms. The molecule has 2 rings (SSSR count). The fraction of sp³-hybridized carbons (Fsp3) is 0.750. The Balaban J connectivity index is 2.02. The first-order valence-corrected chi connectivity index (χ1v) is 5.64. The largest absolute Gasteiger partial charge is 0.381 e. The lowest BCUT2D eigenvalue weighted by Crippen LogP contribution is -2.45. The van der Waals surface area contributed by atoms with Gasteiger partial charge in [0, 0.05) is 25.7 Å². The number of ether oxygens (including phenoxy) is 2. The lowest BCUT2D eigenvalue weighted by atomic mass is 9.79. The van der Waals surface area contributed by atoms with Crippen LogP contribution in [-0.2, 0) is 14.3 Å². The molecule has 84 valence electrons. The van der Waals surface area contributed by atoms with Gasteiger partial charge in [-0.15, -0.1) is 0 Å². The molecule has 0 saturated carbocycles. The van der Waals surface area contributed by atoms with Crippen molar-refractivity contribution in [2.45, 2.75) is 31.3 Å². The Morgan fingerprint density at radius 3 is 2.73 bits per heavy atom. The van der Waals surface area contributed by atoms with Crippen LogP contribution in [0.3, 0.4) is 0 Å². The number of ketones is 1. The van der Waals surface area contributed by atoms with Crippen LogP contribution in [0.25, 0.3) is 0 Å². The summed E-state index contributed by atoms with van der Waals surface area (Å²) in [5.74, 6) is 0.290. The van der Waals surface area contributed by atoms with Crippen molar-refractivity contribution in [3.05, 3.63) is 12.7 Å². The normalized spacial score (nSPS) is 30.0. The van der Waals surface area contributed by atoms with Gasteiger partial charge in [0.2, 0.25) is 0 Å². The van der Waals surface area contributed by atoms with Crippen LogP contribution in [0, 0.1) is 5.92 Å². The molecule has 0 aromatic rings. The maximum absolute atomic E-state index is 11.6. The van der Waals surface area contributed by atoms with Gasteiger partial charge < -0.3 is 9.47 Å². The van der Waals surface area contributed by atoms with E-state index in [-0.39, 0.29) is 17.3 Å². The third-order valence-corrected chi connectivity index (χ3v) is 3.50. The molecule has 0 aromatic heterocycles. The van der Waals surface area contributed by atoms with E-state index < -0.39 is 0 Å². The zero-order valence-electron chi connectivity index (χ0n) is 9.04. The molecule has 3 nitrogen and oxygen atoms in total. The molecule has 1 unspecified atom stereocenters. The highest BCUT2D eigenvalue weighted by atomic mass is 16.5. The summed E-state index contributed by atoms with van der Waals surface area (Å²) in [6.45, 7) is 5.77. The molecule has 0 aromatic carbocycles. The number of allylic oxidation sites excluding steroid dienone is 1. The molecule has 15 heavy (non-hydrogen) atoms. The van der Waals surface area contributed by atoms with Crippen LogP contribution in [0.1, 0.15) is 25.7 Å². The Hall–Kier alpha value is -0.670. The summed E-state index contributed by atoms with van der Waals surface area (Å²) in [4.78, 5) is 11.6. The Kier molecular flexibility index (Phi) is 3.22. The fourth-order valence-electron chi connectivity index (χ4n) is 2.53. The number of carbonyl (C=O) groups excluding carboxylic acids is 1. The number of carbonyl (C=O) groups is 1. The number of rotatable bonds is 2. The van der Waals surface area contributed by atoms with Gasteiger partial charge in [0.05, 0.1) is 5.60 Å². The Labute approximate surface area is 90.4 Å². The molecule has 2 fully saturated rings. The minimum atomic E-state index is -0.0835. The third-order valence-electron chi connectivity index (χ3n) is 3.50. The second-order valence-electron chi connectivity index (χ2n) is 4.44. The molecular weight excluding hydrogens is 192 g/mol. The molecule has 0 N–H and O–H groups in total. The van der Waals surface area contributed by atoms with E-state index in [0.29, 0.717) is 6.61 Å². The van der Waals surface area contributed by atoms with Crippen molar-refractivity contribution >= 4 is 5.78 Å². The Bertz CT molecular complexity index is 248. The standard InChI is InChI=1S/C12H18O3/c1-2-11(13)10-3-6-15-12(9-10)4-7-14-8-5-12/h2,10H,1,3-9H2. The summed E-state index contributed by atoms with van der Waals surface area (Å²) < 4.78 is 11.2. The summed E-state index contributed by atoms with van der Waals surface area (Å²) in [5, 5.41) is 0. The molecule has 0 amide bonds. The van der Waals surface area contributed by atoms with E-state index >= 15 is 0 Å². The van der Waals surface area contributed by atoms with Gasteiger partial charge in [-0.05, 0) is 31.8 Å². The van der Waals surface area contributed by atoms with Crippen molar-refractivity contribution in [3.63, 3.8) is 0 Å². The smallest absolute Gasteiger partial charge is 0.158 e. The zero-order chi connectivity index (χ0) is 10.7. The van der Waals surface area contributed by atoms with E-state index in [1.54, 1.807) is 0 Å². The quantitative estimate of drug-likeness (QED) is 0.651. The van der Waals surface area contributed by atoms with Gasteiger partial charge in [-0.25, -0.2) is 0 Å². The zero-order valence-corrected chi connectivity index (χ0v) is 9.04. The van der Waals surface area contributed by atoms with E-state index in [2.05, 4.69) is 6.58 Å². The van der Waals surface area contributed by atoms with E-state index in [9.17, 15) is 4.79 Å². The molecule has 2 heterocycles. The lowest BCUT2D eigenvalue weighted by Gasteiger charge is -2.42. The van der Waals surface area contributed by atoms with Gasteiger partial charge in [-0.2, -0.15) is 0 Å². The monoisotopic (exact) mass is 210 g/mol. The molecule has 1 atom stereocenters. The van der Waals surface area contributed by atoms with Crippen LogP contribution in [-0.4, -0.2) is 31.2 Å². The van der Waals surface area contributed by atoms with Crippen molar-refractivity contribution in [1.29, 1.82) is 0 Å². The molecular formula is C12H18O3. The first-order chi connectivity index (χ1) is 7.26. The van der Waals surface area contributed by atoms with Gasteiger partial charge in [0.25, 0.3) is 0 Å². The minimum Gasteiger partial charge on any atom is -0.381 e. The van der Waals surface area contributed by atoms with Gasteiger partial charge in [-0.3, -0.25) is 4.79 Å². The highest BCUT2D eigenvalue weighted by molar-refractivity contribution is 5.91. The summed E-state index contributed by atoms with van der Waals surface area (Å²) in [6, 6.07) is 0. The highest BCUT2D eigenvalue weighted by Gasteiger charge is 2.40. The maximum atomic E-state index is 11.6. The second-order valence-corrected chi connectivity index (χ2v) is 4.44. The molecule has 0 radical (unpaired) electrons. The Morgan fingerprint density at radius 1 is 1.33 bits per heavy atom. The van der Waals surface area contributed by atoms with Crippen molar-refractivity contribution in [3.8, 4) is 0 Å². The average Bonchev–Trinajstić information content (AvgIpc) is 2.29. The highest BCUT2D eigenvalue weighted by Crippen LogP contribution is 2.37. The van der Waals surface area contributed by atoms with Gasteiger partial charge in [0.1, 0.15) is 0 Å². The topological polar surface area (TPSA) is 35.5 Å². The SMILES string of the molecule is C=CC(=O)C1CCOC2(CCOCC2)C1. The predicted molar refractivity (Wildman–Crippen MR) is 56.7 cm³/mol. The predicted octanol–water partition coefficient (Wildman–Crippen LogP) is 1.72. The van der Waals surface area contributed by atoms with Gasteiger partial charge in [0.15, 0.2) is 5.78 Å². The van der Waals surface area contributed by atoms with E-state index in [0.717, 1.165) is 38.9 Å². The van der Waals surface area contributed by atoms with Gasteiger partial charge >= 0.3 is 0 Å². The van der Waals surface area contributed by atoms with Crippen LogP contribution < -0.4 is 0 Å². The number of hydrogen-bond donors (Lipinski definition) is 0. The number of hydrogen-bond acceptors (Lipinski definition) is 3. The molecule has 3 heteroatoms. The van der Waals surface area contributed by atoms with E-state index in [4.69, 9.17) is 9.47 Å². The van der Waals surface area contributed by atoms with E-state index in [1.807, 2.05) is 0 Å². The van der Waals surface area contributed by atoms with Crippen molar-refractivity contribution < 1.29 is 14.3 Å². The van der Waals surface area contributed by atoms with E-state index in [1.165, 1.54) is 6.08 Å². The average molecular weight is 210 g/mol. The van der Waals surface area contributed by atoms with Crippen LogP contribution in [0.2, 0.25) is 0 Å². The summed E-state index contributed by atoms with van der Waals surface area (Å²) >= 11 is 0. The molecule has 2 aliphatic rings. The van der Waals surface area contributed by atoms with Crippen molar-refractivity contribution in [2.75, 3.05) is 19.8 Å². The first kappa shape index (κ1) is 10.8. The molecule has 0 aliphatic carbocycles. The maximum Gasteiger partial charge on any atom is 0.158 e. The summed E-state index contributed by atoms with van der Waals surface area (Å²) in [5.41, 5.74) is -0.0835. The second kappa shape index (κ2) is 4.45. The summed E-state index contributed by atoms with van der Waals surface area (Å²) in [6.07, 6.45) is 4.99. The lowest BCUT2D eigenvalue weighted by molar-refractivity contribution is -0.154. The minimum absolute atomic E-state index is 0.0835. The van der Waals surface area contributed by atoms with Crippen molar-refractivity contribution in [1.82, 2.24) is 0 Å². The van der Waals surface area contributed by atoms with Crippen LogP contribution >= 0.6 is 0 Å².